The number of benzene rings is 2. The first-order valence-corrected chi connectivity index (χ1v) is 7.74. The highest BCUT2D eigenvalue weighted by Crippen LogP contribution is 2.38. The molecule has 1 aliphatic rings. The maximum Gasteiger partial charge on any atom is 0.338 e. The fourth-order valence-electron chi connectivity index (χ4n) is 3.12. The molecular formula is C18H20N2O3. The summed E-state index contributed by atoms with van der Waals surface area (Å²) in [4.78, 5) is 11.1. The minimum absolute atomic E-state index is 0.212. The summed E-state index contributed by atoms with van der Waals surface area (Å²) >= 11 is 0. The Hall–Kier alpha value is -2.53. The van der Waals surface area contributed by atoms with E-state index in [1.165, 1.54) is 0 Å². The van der Waals surface area contributed by atoms with Crippen LogP contribution in [0.1, 0.15) is 30.7 Å². The average molecular weight is 312 g/mol. The van der Waals surface area contributed by atoms with Gasteiger partial charge in [0.2, 0.25) is 0 Å². The summed E-state index contributed by atoms with van der Waals surface area (Å²) in [6, 6.07) is 16.6. The molecule has 0 saturated heterocycles. The molecular weight excluding hydrogens is 292 g/mol. The molecule has 0 bridgehead atoms. The Labute approximate surface area is 135 Å². The number of carbonyl (C=O) groups excluding carboxylic acids is 1. The lowest BCUT2D eigenvalue weighted by Crippen LogP contribution is -2.39. The number of nitrogens with two attached hydrogens (primary N) is 1. The molecule has 1 aliphatic carbocycles. The smallest absolute Gasteiger partial charge is 0.338 e. The van der Waals surface area contributed by atoms with E-state index in [9.17, 15) is 10.0 Å². The Morgan fingerprint density at radius 2 is 1.83 bits per heavy atom. The van der Waals surface area contributed by atoms with Crippen molar-refractivity contribution in [3.63, 3.8) is 0 Å². The first-order valence-electron chi connectivity index (χ1n) is 7.74. The van der Waals surface area contributed by atoms with E-state index in [2.05, 4.69) is 6.07 Å². The molecule has 0 spiro atoms. The van der Waals surface area contributed by atoms with Crippen LogP contribution in [0.4, 0.5) is 4.79 Å². The third kappa shape index (κ3) is 3.63. The van der Waals surface area contributed by atoms with Gasteiger partial charge in [-0.25, -0.2) is 9.86 Å². The van der Waals surface area contributed by atoms with Crippen molar-refractivity contribution in [1.82, 2.24) is 5.06 Å². The molecule has 3 rings (SSSR count). The molecule has 3 N–H and O–H groups in total. The molecule has 5 nitrogen and oxygen atoms in total. The lowest BCUT2D eigenvalue weighted by atomic mass is 9.97. The molecule has 120 valence electrons. The Morgan fingerprint density at radius 1 is 1.09 bits per heavy atom. The maximum absolute atomic E-state index is 11.1. The van der Waals surface area contributed by atoms with Gasteiger partial charge in [0, 0.05) is 0 Å². The fraction of sp³-hybridized carbons (Fsp3) is 0.278. The number of ether oxygens (including phenoxy) is 1. The molecule has 1 fully saturated rings. The van der Waals surface area contributed by atoms with Gasteiger partial charge in [-0.2, -0.15) is 0 Å². The molecule has 2 amide bonds. The van der Waals surface area contributed by atoms with Crippen molar-refractivity contribution < 1.29 is 14.7 Å². The largest absolute Gasteiger partial charge is 0.457 e. The number of hydrogen-bond donors (Lipinski definition) is 2. The second-order valence-corrected chi connectivity index (χ2v) is 5.83. The van der Waals surface area contributed by atoms with E-state index in [1.807, 2.05) is 48.5 Å². The van der Waals surface area contributed by atoms with Crippen LogP contribution in [0, 0.1) is 0 Å². The van der Waals surface area contributed by atoms with Gasteiger partial charge in [-0.1, -0.05) is 30.3 Å². The van der Waals surface area contributed by atoms with Crippen molar-refractivity contribution in [1.29, 1.82) is 0 Å². The van der Waals surface area contributed by atoms with Crippen LogP contribution in [0.3, 0.4) is 0 Å². The summed E-state index contributed by atoms with van der Waals surface area (Å²) in [5, 5.41) is 10.3. The van der Waals surface area contributed by atoms with Gasteiger partial charge in [0.15, 0.2) is 0 Å². The van der Waals surface area contributed by atoms with Crippen LogP contribution in [0.25, 0.3) is 0 Å². The van der Waals surface area contributed by atoms with Gasteiger partial charge in [-0.15, -0.1) is 0 Å². The Morgan fingerprint density at radius 3 is 2.57 bits per heavy atom. The zero-order valence-electron chi connectivity index (χ0n) is 12.8. The summed E-state index contributed by atoms with van der Waals surface area (Å²) in [6.07, 6.45) is 2.35. The lowest BCUT2D eigenvalue weighted by Gasteiger charge is -2.20. The van der Waals surface area contributed by atoms with Crippen LogP contribution in [0.5, 0.6) is 11.5 Å². The minimum Gasteiger partial charge on any atom is -0.457 e. The molecule has 2 atom stereocenters. The van der Waals surface area contributed by atoms with Gasteiger partial charge in [0.05, 0.1) is 6.04 Å². The highest BCUT2D eigenvalue weighted by molar-refractivity contribution is 5.71. The minimum atomic E-state index is -0.795. The predicted octanol–water partition coefficient (Wildman–Crippen LogP) is 3.88. The van der Waals surface area contributed by atoms with Crippen molar-refractivity contribution in [2.75, 3.05) is 0 Å². The summed E-state index contributed by atoms with van der Waals surface area (Å²) < 4.78 is 5.86. The molecule has 2 aromatic carbocycles. The van der Waals surface area contributed by atoms with E-state index in [-0.39, 0.29) is 12.0 Å². The monoisotopic (exact) mass is 312 g/mol. The van der Waals surface area contributed by atoms with E-state index in [4.69, 9.17) is 10.5 Å². The van der Waals surface area contributed by atoms with Crippen LogP contribution in [-0.2, 0) is 0 Å². The molecule has 0 aliphatic heterocycles. The predicted molar refractivity (Wildman–Crippen MR) is 86.5 cm³/mol. The third-order valence-electron chi connectivity index (χ3n) is 4.29. The highest BCUT2D eigenvalue weighted by atomic mass is 16.5. The zero-order chi connectivity index (χ0) is 16.2. The molecule has 1 saturated carbocycles. The van der Waals surface area contributed by atoms with Crippen molar-refractivity contribution in [3.8, 4) is 11.5 Å². The standard InChI is InChI=1S/C18H20N2O3/c19-18(21)20(22)15-10-9-14(11-15)13-5-4-8-17(12-13)23-16-6-2-1-3-7-16/h1-8,12,14-15,22H,9-11H2,(H2,19,21)/t14-,15+/m0/s1. The second kappa shape index (κ2) is 6.71. The van der Waals surface area contributed by atoms with Crippen molar-refractivity contribution in [3.05, 3.63) is 60.2 Å². The van der Waals surface area contributed by atoms with Crippen LogP contribution < -0.4 is 10.5 Å². The van der Waals surface area contributed by atoms with Crippen LogP contribution in [0.15, 0.2) is 54.6 Å². The van der Waals surface area contributed by atoms with Crippen molar-refractivity contribution in [2.24, 2.45) is 5.73 Å². The van der Waals surface area contributed by atoms with Gasteiger partial charge in [0.1, 0.15) is 11.5 Å². The van der Waals surface area contributed by atoms with Crippen molar-refractivity contribution in [2.45, 2.75) is 31.2 Å². The van der Waals surface area contributed by atoms with Crippen molar-refractivity contribution >= 4 is 6.03 Å². The molecule has 2 aromatic rings. The normalized spacial score (nSPS) is 20.2. The van der Waals surface area contributed by atoms with Gasteiger partial charge in [0.25, 0.3) is 0 Å². The number of nitrogens with zero attached hydrogens (tertiary/aromatic N) is 1. The van der Waals surface area contributed by atoms with Gasteiger partial charge in [-0.3, -0.25) is 5.21 Å². The fourth-order valence-corrected chi connectivity index (χ4v) is 3.12. The average Bonchev–Trinajstić information content (AvgIpc) is 3.05. The number of para-hydroxylation sites is 1. The van der Waals surface area contributed by atoms with E-state index < -0.39 is 6.03 Å². The molecule has 5 heteroatoms. The second-order valence-electron chi connectivity index (χ2n) is 5.83. The molecule has 0 heterocycles. The van der Waals surface area contributed by atoms with E-state index >= 15 is 0 Å². The first kappa shape index (κ1) is 15.4. The molecule has 23 heavy (non-hydrogen) atoms. The first-order chi connectivity index (χ1) is 11.1. The number of urea groups is 1. The van der Waals surface area contributed by atoms with Crippen LogP contribution >= 0.6 is 0 Å². The number of rotatable bonds is 4. The van der Waals surface area contributed by atoms with E-state index in [0.29, 0.717) is 11.5 Å². The Bertz CT molecular complexity index is 675. The quantitative estimate of drug-likeness (QED) is 0.664. The molecule has 0 radical (unpaired) electrons. The van der Waals surface area contributed by atoms with Gasteiger partial charge >= 0.3 is 6.03 Å². The number of amides is 2. The lowest BCUT2D eigenvalue weighted by molar-refractivity contribution is -0.0730. The Kier molecular flexibility index (Phi) is 4.48. The van der Waals surface area contributed by atoms with E-state index in [0.717, 1.165) is 29.9 Å². The maximum atomic E-state index is 11.1. The number of hydroxylamine groups is 2. The summed E-state index contributed by atoms with van der Waals surface area (Å²) in [6.45, 7) is 0. The Balaban J connectivity index is 1.70. The molecule has 0 unspecified atom stereocenters. The SMILES string of the molecule is NC(=O)N(O)[C@@H]1CC[C@H](c2cccc(Oc3ccccc3)c2)C1. The number of carbonyl (C=O) groups is 1. The number of primary amides is 1. The third-order valence-corrected chi connectivity index (χ3v) is 4.29. The molecule has 0 aromatic heterocycles. The van der Waals surface area contributed by atoms with Gasteiger partial charge < -0.3 is 10.5 Å². The van der Waals surface area contributed by atoms with Crippen LogP contribution in [-0.4, -0.2) is 22.3 Å². The van der Waals surface area contributed by atoms with E-state index in [1.54, 1.807) is 0 Å². The number of hydrogen-bond acceptors (Lipinski definition) is 3. The summed E-state index contributed by atoms with van der Waals surface area (Å²) in [7, 11) is 0. The highest BCUT2D eigenvalue weighted by Gasteiger charge is 2.31. The van der Waals surface area contributed by atoms with Crippen LogP contribution in [0.2, 0.25) is 0 Å². The zero-order valence-corrected chi connectivity index (χ0v) is 12.8. The van der Waals surface area contributed by atoms with Gasteiger partial charge in [-0.05, 0) is 55.0 Å². The topological polar surface area (TPSA) is 75.8 Å². The summed E-state index contributed by atoms with van der Waals surface area (Å²) in [5.74, 6) is 1.87. The summed E-state index contributed by atoms with van der Waals surface area (Å²) in [5.41, 5.74) is 6.28.